The number of nitrogens with two attached hydrogens (primary N) is 1. The summed E-state index contributed by atoms with van der Waals surface area (Å²) in [7, 11) is 1.43. The second kappa shape index (κ2) is 5.93. The minimum atomic E-state index is -0.419. The van der Waals surface area contributed by atoms with Crippen LogP contribution in [-0.2, 0) is 6.42 Å². The Hall–Kier alpha value is -2.06. The first-order valence-corrected chi connectivity index (χ1v) is 7.09. The number of ether oxygens (including phenoxy) is 1. The summed E-state index contributed by atoms with van der Waals surface area (Å²) >= 11 is 1.31. The summed E-state index contributed by atoms with van der Waals surface area (Å²) in [6.45, 7) is 2.04. The normalized spacial score (nSPS) is 10.3. The molecule has 1 heterocycles. The van der Waals surface area contributed by atoms with Crippen molar-refractivity contribution in [3.63, 3.8) is 0 Å². The van der Waals surface area contributed by atoms with Crippen LogP contribution in [0.1, 0.15) is 23.8 Å². The van der Waals surface area contributed by atoms with E-state index in [4.69, 9.17) is 15.7 Å². The van der Waals surface area contributed by atoms with Crippen LogP contribution < -0.4 is 10.5 Å². The molecule has 0 fully saturated rings. The first-order valence-electron chi connectivity index (χ1n) is 6.27. The van der Waals surface area contributed by atoms with Gasteiger partial charge in [0.1, 0.15) is 10.9 Å². The SMILES string of the molecule is CCCc1c(-c2ccc(OC)c(F)c2)sc(C#N)c1N. The number of halogens is 1. The Balaban J connectivity index is 2.57. The second-order valence-corrected chi connectivity index (χ2v) is 5.38. The molecule has 0 spiro atoms. The lowest BCUT2D eigenvalue weighted by molar-refractivity contribution is 0.386. The van der Waals surface area contributed by atoms with E-state index in [0.717, 1.165) is 28.8 Å². The van der Waals surface area contributed by atoms with E-state index in [2.05, 4.69) is 6.07 Å². The molecular weight excluding hydrogens is 275 g/mol. The van der Waals surface area contributed by atoms with Crippen molar-refractivity contribution < 1.29 is 9.13 Å². The van der Waals surface area contributed by atoms with Crippen molar-refractivity contribution in [2.75, 3.05) is 12.8 Å². The Morgan fingerprint density at radius 2 is 2.20 bits per heavy atom. The predicted molar refractivity (Wildman–Crippen MR) is 79.4 cm³/mol. The zero-order valence-corrected chi connectivity index (χ0v) is 12.2. The Kier molecular flexibility index (Phi) is 4.26. The Labute approximate surface area is 121 Å². The number of nitrogen functional groups attached to an aromatic ring is 1. The lowest BCUT2D eigenvalue weighted by Crippen LogP contribution is -1.94. The van der Waals surface area contributed by atoms with Crippen LogP contribution in [0.15, 0.2) is 18.2 Å². The van der Waals surface area contributed by atoms with E-state index in [9.17, 15) is 4.39 Å². The minimum absolute atomic E-state index is 0.204. The number of thiophene rings is 1. The number of hydrogen-bond acceptors (Lipinski definition) is 4. The van der Waals surface area contributed by atoms with Crippen LogP contribution in [0, 0.1) is 17.1 Å². The van der Waals surface area contributed by atoms with E-state index in [0.29, 0.717) is 10.6 Å². The average Bonchev–Trinajstić information content (AvgIpc) is 2.76. The van der Waals surface area contributed by atoms with E-state index >= 15 is 0 Å². The summed E-state index contributed by atoms with van der Waals surface area (Å²) in [5.41, 5.74) is 8.18. The van der Waals surface area contributed by atoms with Gasteiger partial charge in [-0.15, -0.1) is 11.3 Å². The number of anilines is 1. The van der Waals surface area contributed by atoms with Crippen LogP contribution in [0.5, 0.6) is 5.75 Å². The van der Waals surface area contributed by atoms with Crippen LogP contribution in [0.2, 0.25) is 0 Å². The zero-order chi connectivity index (χ0) is 14.7. The Bertz CT molecular complexity index is 673. The number of methoxy groups -OCH3 is 1. The Morgan fingerprint density at radius 1 is 1.45 bits per heavy atom. The molecule has 0 saturated heterocycles. The van der Waals surface area contributed by atoms with Crippen molar-refractivity contribution in [2.24, 2.45) is 0 Å². The molecule has 2 aromatic rings. The van der Waals surface area contributed by atoms with Crippen LogP contribution in [-0.4, -0.2) is 7.11 Å². The van der Waals surface area contributed by atoms with Gasteiger partial charge in [-0.25, -0.2) is 4.39 Å². The van der Waals surface area contributed by atoms with Gasteiger partial charge in [-0.3, -0.25) is 0 Å². The molecule has 2 N–H and O–H groups in total. The molecule has 0 atom stereocenters. The van der Waals surface area contributed by atoms with E-state index in [1.165, 1.54) is 24.5 Å². The van der Waals surface area contributed by atoms with Gasteiger partial charge >= 0.3 is 0 Å². The maximum atomic E-state index is 13.8. The third-order valence-electron chi connectivity index (χ3n) is 3.06. The number of nitrogens with zero attached hydrogens (tertiary/aromatic N) is 1. The summed E-state index contributed by atoms with van der Waals surface area (Å²) in [5, 5.41) is 9.09. The van der Waals surface area contributed by atoms with Crippen LogP contribution in [0.4, 0.5) is 10.1 Å². The highest BCUT2D eigenvalue weighted by Crippen LogP contribution is 2.40. The summed E-state index contributed by atoms with van der Waals surface area (Å²) in [4.78, 5) is 1.35. The lowest BCUT2D eigenvalue weighted by Gasteiger charge is -2.06. The van der Waals surface area contributed by atoms with Gasteiger partial charge in [0.05, 0.1) is 12.8 Å². The summed E-state index contributed by atoms with van der Waals surface area (Å²) in [6.07, 6.45) is 1.68. The molecule has 0 bridgehead atoms. The highest BCUT2D eigenvalue weighted by Gasteiger charge is 2.17. The van der Waals surface area contributed by atoms with Crippen LogP contribution in [0.3, 0.4) is 0 Å². The van der Waals surface area contributed by atoms with Crippen molar-refractivity contribution in [3.05, 3.63) is 34.5 Å². The second-order valence-electron chi connectivity index (χ2n) is 4.36. The fourth-order valence-electron chi connectivity index (χ4n) is 2.10. The van der Waals surface area contributed by atoms with E-state index in [1.807, 2.05) is 6.92 Å². The standard InChI is InChI=1S/C15H15FN2OS/c1-3-4-10-14(18)13(8-17)20-15(10)9-5-6-12(19-2)11(16)7-9/h5-7H,3-4,18H2,1-2H3. The molecule has 5 heteroatoms. The molecular formula is C15H15FN2OS. The van der Waals surface area contributed by atoms with Gasteiger partial charge in [-0.1, -0.05) is 13.3 Å². The highest BCUT2D eigenvalue weighted by molar-refractivity contribution is 7.16. The monoisotopic (exact) mass is 290 g/mol. The van der Waals surface area contributed by atoms with Gasteiger partial charge < -0.3 is 10.5 Å². The van der Waals surface area contributed by atoms with Crippen molar-refractivity contribution in [2.45, 2.75) is 19.8 Å². The van der Waals surface area contributed by atoms with Crippen molar-refractivity contribution >= 4 is 17.0 Å². The van der Waals surface area contributed by atoms with Crippen molar-refractivity contribution in [1.82, 2.24) is 0 Å². The molecule has 0 aliphatic carbocycles. The quantitative estimate of drug-likeness (QED) is 0.926. The Morgan fingerprint density at radius 3 is 2.75 bits per heavy atom. The minimum Gasteiger partial charge on any atom is -0.494 e. The first kappa shape index (κ1) is 14.4. The summed E-state index contributed by atoms with van der Waals surface area (Å²) < 4.78 is 18.7. The molecule has 0 amide bonds. The maximum absolute atomic E-state index is 13.8. The molecule has 20 heavy (non-hydrogen) atoms. The lowest BCUT2D eigenvalue weighted by atomic mass is 10.0. The third kappa shape index (κ3) is 2.47. The highest BCUT2D eigenvalue weighted by atomic mass is 32.1. The molecule has 0 radical (unpaired) electrons. The largest absolute Gasteiger partial charge is 0.494 e. The topological polar surface area (TPSA) is 59.0 Å². The van der Waals surface area contributed by atoms with Crippen molar-refractivity contribution in [1.29, 1.82) is 5.26 Å². The van der Waals surface area contributed by atoms with Crippen LogP contribution >= 0.6 is 11.3 Å². The van der Waals surface area contributed by atoms with Gasteiger partial charge in [0, 0.05) is 4.88 Å². The molecule has 1 aromatic carbocycles. The zero-order valence-electron chi connectivity index (χ0n) is 11.4. The molecule has 0 unspecified atom stereocenters. The summed E-state index contributed by atoms with van der Waals surface area (Å²) in [6, 6.07) is 6.89. The number of rotatable bonds is 4. The molecule has 0 aliphatic heterocycles. The van der Waals surface area contributed by atoms with Gasteiger partial charge in [-0.2, -0.15) is 5.26 Å². The van der Waals surface area contributed by atoms with Crippen molar-refractivity contribution in [3.8, 4) is 22.3 Å². The molecule has 0 aliphatic rings. The van der Waals surface area contributed by atoms with E-state index < -0.39 is 5.82 Å². The van der Waals surface area contributed by atoms with Gasteiger partial charge in [0.25, 0.3) is 0 Å². The summed E-state index contributed by atoms with van der Waals surface area (Å²) in [5.74, 6) is -0.214. The van der Waals surface area contributed by atoms with Gasteiger partial charge in [0.2, 0.25) is 0 Å². The molecule has 104 valence electrons. The fourth-order valence-corrected chi connectivity index (χ4v) is 3.16. The maximum Gasteiger partial charge on any atom is 0.165 e. The third-order valence-corrected chi connectivity index (χ3v) is 4.27. The van der Waals surface area contributed by atoms with Crippen LogP contribution in [0.25, 0.3) is 10.4 Å². The number of nitriles is 1. The predicted octanol–water partition coefficient (Wildman–Crippen LogP) is 3.97. The number of hydrogen-bond donors (Lipinski definition) is 1. The molecule has 0 saturated carbocycles. The van der Waals surface area contributed by atoms with Gasteiger partial charge in [-0.05, 0) is 35.7 Å². The van der Waals surface area contributed by atoms with E-state index in [1.54, 1.807) is 12.1 Å². The number of benzene rings is 1. The fraction of sp³-hybridized carbons (Fsp3) is 0.267. The molecule has 3 nitrogen and oxygen atoms in total. The first-order chi connectivity index (χ1) is 9.62. The smallest absolute Gasteiger partial charge is 0.165 e. The molecule has 1 aromatic heterocycles. The molecule has 2 rings (SSSR count). The van der Waals surface area contributed by atoms with E-state index in [-0.39, 0.29) is 5.75 Å². The van der Waals surface area contributed by atoms with Gasteiger partial charge in [0.15, 0.2) is 11.6 Å². The average molecular weight is 290 g/mol.